The molecule has 22 heavy (non-hydrogen) atoms. The summed E-state index contributed by atoms with van der Waals surface area (Å²) in [5, 5.41) is 3.11. The number of likely N-dealkylation sites (tertiary alicyclic amines) is 1. The zero-order chi connectivity index (χ0) is 15.9. The van der Waals surface area contributed by atoms with E-state index >= 15 is 0 Å². The Balaban J connectivity index is 1.70. The first-order valence-electron chi connectivity index (χ1n) is 7.44. The summed E-state index contributed by atoms with van der Waals surface area (Å²) in [4.78, 5) is 16.2. The quantitative estimate of drug-likeness (QED) is 0.831. The maximum absolute atomic E-state index is 12.0. The molecule has 1 heterocycles. The molecule has 0 aromatic heterocycles. The Morgan fingerprint density at radius 1 is 1.41 bits per heavy atom. The Hall–Kier alpha value is -1.11. The van der Waals surface area contributed by atoms with Crippen LogP contribution in [-0.4, -0.2) is 59.0 Å². The highest BCUT2D eigenvalue weighted by Gasteiger charge is 2.23. The fraction of sp³-hybridized carbons (Fsp3) is 0.500. The number of thiocarbonyl (C=S) groups is 1. The van der Waals surface area contributed by atoms with Crippen molar-refractivity contribution in [3.8, 4) is 0 Å². The minimum atomic E-state index is 0.0701. The van der Waals surface area contributed by atoms with Crippen LogP contribution >= 0.6 is 24.0 Å². The van der Waals surface area contributed by atoms with Gasteiger partial charge >= 0.3 is 0 Å². The molecule has 0 bridgehead atoms. The van der Waals surface area contributed by atoms with E-state index in [4.69, 9.17) is 12.2 Å². The average Bonchev–Trinajstić information content (AvgIpc) is 2.92. The number of nitrogens with zero attached hydrogens (tertiary/aromatic N) is 2. The highest BCUT2D eigenvalue weighted by molar-refractivity contribution is 8.23. The molecular formula is C16H23N3OS2. The summed E-state index contributed by atoms with van der Waals surface area (Å²) in [6.07, 6.45) is 1.02. The smallest absolute Gasteiger partial charge is 0.230 e. The molecule has 1 atom stereocenters. The maximum Gasteiger partial charge on any atom is 0.230 e. The van der Waals surface area contributed by atoms with Crippen LogP contribution < -0.4 is 5.32 Å². The minimum absolute atomic E-state index is 0.0701. The summed E-state index contributed by atoms with van der Waals surface area (Å²) >= 11 is 6.58. The van der Waals surface area contributed by atoms with E-state index in [0.29, 0.717) is 5.75 Å². The van der Waals surface area contributed by atoms with Crippen molar-refractivity contribution >= 4 is 34.2 Å². The van der Waals surface area contributed by atoms with Crippen molar-refractivity contribution in [2.75, 3.05) is 32.9 Å². The summed E-state index contributed by atoms with van der Waals surface area (Å²) < 4.78 is 0.743. The molecule has 6 heteroatoms. The topological polar surface area (TPSA) is 35.6 Å². The van der Waals surface area contributed by atoms with Gasteiger partial charge in [0.1, 0.15) is 4.32 Å². The number of carbonyl (C=O) groups excluding carboxylic acids is 1. The second-order valence-corrected chi connectivity index (χ2v) is 7.33. The van der Waals surface area contributed by atoms with Gasteiger partial charge in [0.15, 0.2) is 0 Å². The molecule has 0 saturated carbocycles. The zero-order valence-electron chi connectivity index (χ0n) is 13.1. The molecule has 1 aliphatic rings. The molecule has 1 aliphatic heterocycles. The number of rotatable bonds is 5. The lowest BCUT2D eigenvalue weighted by Gasteiger charge is -2.17. The van der Waals surface area contributed by atoms with Gasteiger partial charge in [-0.05, 0) is 12.0 Å². The number of benzene rings is 1. The average molecular weight is 338 g/mol. The van der Waals surface area contributed by atoms with Gasteiger partial charge in [-0.25, -0.2) is 0 Å². The molecule has 1 fully saturated rings. The van der Waals surface area contributed by atoms with Crippen LogP contribution in [-0.2, 0) is 11.3 Å². The molecular weight excluding hydrogens is 314 g/mol. The Kier molecular flexibility index (Phi) is 6.67. The highest BCUT2D eigenvalue weighted by atomic mass is 32.2. The fourth-order valence-electron chi connectivity index (χ4n) is 2.46. The molecule has 1 aromatic carbocycles. The number of hydrogen-bond acceptors (Lipinski definition) is 4. The number of amides is 1. The van der Waals surface area contributed by atoms with Crippen LogP contribution in [0.2, 0.25) is 0 Å². The summed E-state index contributed by atoms with van der Waals surface area (Å²) in [7, 11) is 3.79. The molecule has 1 aromatic rings. The molecule has 1 unspecified atom stereocenters. The second kappa shape index (κ2) is 8.50. The molecule has 1 N–H and O–H groups in total. The Bertz CT molecular complexity index is 507. The van der Waals surface area contributed by atoms with Crippen molar-refractivity contribution in [2.24, 2.45) is 0 Å². The molecule has 0 spiro atoms. The van der Waals surface area contributed by atoms with E-state index in [9.17, 15) is 4.79 Å². The van der Waals surface area contributed by atoms with Crippen LogP contribution in [0.4, 0.5) is 0 Å². The van der Waals surface area contributed by atoms with E-state index in [1.165, 1.54) is 17.3 Å². The minimum Gasteiger partial charge on any atom is -0.364 e. The third-order valence-electron chi connectivity index (χ3n) is 3.58. The largest absolute Gasteiger partial charge is 0.364 e. The van der Waals surface area contributed by atoms with Crippen LogP contribution in [0.5, 0.6) is 0 Å². The zero-order valence-corrected chi connectivity index (χ0v) is 14.8. The van der Waals surface area contributed by atoms with Crippen LogP contribution in [0.1, 0.15) is 12.0 Å². The maximum atomic E-state index is 12.0. The lowest BCUT2D eigenvalue weighted by atomic mass is 10.2. The summed E-state index contributed by atoms with van der Waals surface area (Å²) in [6.45, 7) is 2.90. The highest BCUT2D eigenvalue weighted by Crippen LogP contribution is 2.14. The van der Waals surface area contributed by atoms with Gasteiger partial charge in [0, 0.05) is 39.8 Å². The predicted molar refractivity (Wildman–Crippen MR) is 97.0 cm³/mol. The summed E-state index contributed by atoms with van der Waals surface area (Å²) in [5.41, 5.74) is 1.32. The van der Waals surface area contributed by atoms with Gasteiger partial charge < -0.3 is 10.2 Å². The normalized spacial score (nSPS) is 18.2. The van der Waals surface area contributed by atoms with Crippen LogP contribution in [0.15, 0.2) is 30.3 Å². The van der Waals surface area contributed by atoms with Crippen molar-refractivity contribution in [1.29, 1.82) is 0 Å². The number of carbonyl (C=O) groups is 1. The summed E-state index contributed by atoms with van der Waals surface area (Å²) in [5.74, 6) is 0.465. The first-order chi connectivity index (χ1) is 10.5. The van der Waals surface area contributed by atoms with E-state index < -0.39 is 0 Å². The van der Waals surface area contributed by atoms with E-state index in [1.54, 1.807) is 0 Å². The SMILES string of the molecule is CN(C)C(=S)SCC(=O)NC1CCN(Cc2ccccc2)C1. The van der Waals surface area contributed by atoms with Crippen molar-refractivity contribution < 1.29 is 4.79 Å². The van der Waals surface area contributed by atoms with E-state index in [2.05, 4.69) is 34.5 Å². The number of nitrogens with one attached hydrogen (secondary N) is 1. The van der Waals surface area contributed by atoms with Gasteiger partial charge in [-0.3, -0.25) is 9.69 Å². The lowest BCUT2D eigenvalue weighted by molar-refractivity contribution is -0.119. The molecule has 1 saturated heterocycles. The van der Waals surface area contributed by atoms with Crippen molar-refractivity contribution in [3.63, 3.8) is 0 Å². The van der Waals surface area contributed by atoms with E-state index in [0.717, 1.165) is 30.4 Å². The molecule has 4 nitrogen and oxygen atoms in total. The van der Waals surface area contributed by atoms with Gasteiger partial charge in [-0.15, -0.1) is 0 Å². The van der Waals surface area contributed by atoms with Crippen molar-refractivity contribution in [1.82, 2.24) is 15.1 Å². The molecule has 1 amide bonds. The molecule has 0 radical (unpaired) electrons. The van der Waals surface area contributed by atoms with Crippen LogP contribution in [0.25, 0.3) is 0 Å². The third kappa shape index (κ3) is 5.59. The van der Waals surface area contributed by atoms with Gasteiger partial charge in [0.25, 0.3) is 0 Å². The van der Waals surface area contributed by atoms with Gasteiger partial charge in [0.05, 0.1) is 5.75 Å². The first kappa shape index (κ1) is 17.2. The first-order valence-corrected chi connectivity index (χ1v) is 8.83. The lowest BCUT2D eigenvalue weighted by Crippen LogP contribution is -2.38. The molecule has 2 rings (SSSR count). The number of hydrogen-bond donors (Lipinski definition) is 1. The predicted octanol–water partition coefficient (Wildman–Crippen LogP) is 1.96. The number of thioether (sulfide) groups is 1. The third-order valence-corrected chi connectivity index (χ3v) is 5.32. The van der Waals surface area contributed by atoms with Gasteiger partial charge in [-0.1, -0.05) is 54.3 Å². The molecule has 0 aliphatic carbocycles. The second-order valence-electron chi connectivity index (χ2n) is 5.72. The molecule has 120 valence electrons. The fourth-order valence-corrected chi connectivity index (χ4v) is 3.23. The standard InChI is InChI=1S/C16H23N3OS2/c1-18(2)16(21)22-12-15(20)17-14-8-9-19(11-14)10-13-6-4-3-5-7-13/h3-7,14H,8-12H2,1-2H3,(H,17,20). The van der Waals surface area contributed by atoms with Crippen molar-refractivity contribution in [3.05, 3.63) is 35.9 Å². The van der Waals surface area contributed by atoms with Gasteiger partial charge in [0.2, 0.25) is 5.91 Å². The van der Waals surface area contributed by atoms with E-state index in [1.807, 2.05) is 25.1 Å². The Morgan fingerprint density at radius 2 is 2.14 bits per heavy atom. The monoisotopic (exact) mass is 337 g/mol. The van der Waals surface area contributed by atoms with Crippen LogP contribution in [0, 0.1) is 0 Å². The van der Waals surface area contributed by atoms with E-state index in [-0.39, 0.29) is 11.9 Å². The summed E-state index contributed by atoms with van der Waals surface area (Å²) in [6, 6.07) is 10.7. The Morgan fingerprint density at radius 3 is 2.82 bits per heavy atom. The Labute approximate surface area is 142 Å². The van der Waals surface area contributed by atoms with Crippen molar-refractivity contribution in [2.45, 2.75) is 19.0 Å². The van der Waals surface area contributed by atoms with Crippen LogP contribution in [0.3, 0.4) is 0 Å². The van der Waals surface area contributed by atoms with Gasteiger partial charge in [-0.2, -0.15) is 0 Å².